The summed E-state index contributed by atoms with van der Waals surface area (Å²) in [6.45, 7) is 4.34. The molecule has 35 heavy (non-hydrogen) atoms. The summed E-state index contributed by atoms with van der Waals surface area (Å²) in [5.74, 6) is 1.62. The van der Waals surface area contributed by atoms with Crippen LogP contribution in [0.3, 0.4) is 0 Å². The average Bonchev–Trinajstić information content (AvgIpc) is 3.56. The van der Waals surface area contributed by atoms with E-state index in [4.69, 9.17) is 4.42 Å². The number of amides is 1. The van der Waals surface area contributed by atoms with Gasteiger partial charge in [0.25, 0.3) is 0 Å². The van der Waals surface area contributed by atoms with Crippen LogP contribution < -0.4 is 5.32 Å². The Hall–Kier alpha value is -3.36. The lowest BCUT2D eigenvalue weighted by atomic mass is 10.00. The lowest BCUT2D eigenvalue weighted by Gasteiger charge is -2.28. The molecule has 8 heteroatoms. The number of aromatic nitrogens is 3. The summed E-state index contributed by atoms with van der Waals surface area (Å²) < 4.78 is 7.56. The zero-order valence-electron chi connectivity index (χ0n) is 19.6. The Kier molecular flexibility index (Phi) is 7.60. The van der Waals surface area contributed by atoms with Crippen molar-refractivity contribution in [3.05, 3.63) is 89.7 Å². The van der Waals surface area contributed by atoms with Crippen LogP contribution in [0.25, 0.3) is 11.6 Å². The molecule has 5 rings (SSSR count). The molecule has 3 heterocycles. The molecule has 1 aliphatic heterocycles. The highest BCUT2D eigenvalue weighted by atomic mass is 32.2. The lowest BCUT2D eigenvalue weighted by molar-refractivity contribution is -0.118. The molecule has 1 amide bonds. The molecule has 1 N–H and O–H groups in total. The van der Waals surface area contributed by atoms with Gasteiger partial charge in [-0.1, -0.05) is 66.4 Å². The molecule has 1 aliphatic rings. The van der Waals surface area contributed by atoms with E-state index >= 15 is 0 Å². The summed E-state index contributed by atoms with van der Waals surface area (Å²) in [7, 11) is 0. The van der Waals surface area contributed by atoms with E-state index in [2.05, 4.69) is 56.8 Å². The number of hydrogen-bond acceptors (Lipinski definition) is 6. The number of fused-ring (bicyclic) bond motifs is 1. The molecule has 2 aromatic heterocycles. The highest BCUT2D eigenvalue weighted by molar-refractivity contribution is 7.99. The third-order valence-electron chi connectivity index (χ3n) is 6.16. The minimum atomic E-state index is 0.00722. The molecule has 0 saturated heterocycles. The molecule has 0 bridgehead atoms. The first-order valence-electron chi connectivity index (χ1n) is 12.0. The normalized spacial score (nSPS) is 13.5. The van der Waals surface area contributed by atoms with E-state index in [0.29, 0.717) is 35.6 Å². The topological polar surface area (TPSA) is 76.2 Å². The molecule has 0 fully saturated rings. The van der Waals surface area contributed by atoms with Crippen molar-refractivity contribution in [1.82, 2.24) is 25.0 Å². The van der Waals surface area contributed by atoms with Gasteiger partial charge in [0.15, 0.2) is 10.9 Å². The summed E-state index contributed by atoms with van der Waals surface area (Å²) in [5.41, 5.74) is 4.02. The van der Waals surface area contributed by atoms with E-state index < -0.39 is 0 Å². The van der Waals surface area contributed by atoms with Crippen LogP contribution in [0.5, 0.6) is 0 Å². The van der Waals surface area contributed by atoms with Crippen molar-refractivity contribution in [3.8, 4) is 11.6 Å². The fraction of sp³-hybridized carbons (Fsp3) is 0.296. The van der Waals surface area contributed by atoms with Crippen LogP contribution in [0.2, 0.25) is 0 Å². The first-order chi connectivity index (χ1) is 17.3. The van der Waals surface area contributed by atoms with Gasteiger partial charge in [0.1, 0.15) is 0 Å². The molecule has 0 spiro atoms. The van der Waals surface area contributed by atoms with Gasteiger partial charge in [0.05, 0.1) is 18.6 Å². The number of thioether (sulfide) groups is 1. The predicted molar refractivity (Wildman–Crippen MR) is 137 cm³/mol. The number of carbonyl (C=O) groups is 1. The van der Waals surface area contributed by atoms with E-state index in [0.717, 1.165) is 38.0 Å². The smallest absolute Gasteiger partial charge is 0.230 e. The molecule has 7 nitrogen and oxygen atoms in total. The van der Waals surface area contributed by atoms with Gasteiger partial charge < -0.3 is 9.73 Å². The van der Waals surface area contributed by atoms with Crippen molar-refractivity contribution in [3.63, 3.8) is 0 Å². The van der Waals surface area contributed by atoms with E-state index in [-0.39, 0.29) is 5.91 Å². The Balaban J connectivity index is 1.11. The second-order valence-electron chi connectivity index (χ2n) is 8.64. The molecule has 0 saturated carbocycles. The van der Waals surface area contributed by atoms with E-state index in [1.54, 1.807) is 6.26 Å². The monoisotopic (exact) mass is 487 g/mol. The van der Waals surface area contributed by atoms with Crippen LogP contribution >= 0.6 is 11.8 Å². The van der Waals surface area contributed by atoms with E-state index in [1.807, 2.05) is 34.9 Å². The molecule has 0 unspecified atom stereocenters. The minimum Gasteiger partial charge on any atom is -0.461 e. The van der Waals surface area contributed by atoms with E-state index in [9.17, 15) is 4.79 Å². The Morgan fingerprint density at radius 1 is 1.00 bits per heavy atom. The van der Waals surface area contributed by atoms with Gasteiger partial charge in [-0.25, -0.2) is 0 Å². The lowest BCUT2D eigenvalue weighted by Crippen LogP contribution is -2.34. The van der Waals surface area contributed by atoms with Crippen LogP contribution in [0, 0.1) is 0 Å². The molecule has 2 aromatic carbocycles. The van der Waals surface area contributed by atoms with Gasteiger partial charge in [0.2, 0.25) is 11.7 Å². The summed E-state index contributed by atoms with van der Waals surface area (Å²) in [5, 5.41) is 12.4. The maximum atomic E-state index is 12.5. The second kappa shape index (κ2) is 11.4. The van der Waals surface area contributed by atoms with Crippen LogP contribution in [0.15, 0.2) is 82.6 Å². The molecule has 4 aromatic rings. The summed E-state index contributed by atoms with van der Waals surface area (Å²) in [6, 6.07) is 22.5. The summed E-state index contributed by atoms with van der Waals surface area (Å²) in [6.07, 6.45) is 3.66. The SMILES string of the molecule is O=C(CSc1nnc(-c2ccco2)n1Cc1ccccc1)NCCCN1CCc2ccccc2C1. The standard InChI is InChI=1S/C27H29N5O2S/c33-25(28-14-7-15-31-16-13-22-10-4-5-11-23(22)19-31)20-35-27-30-29-26(24-12-6-17-34-24)32(27)18-21-8-2-1-3-9-21/h1-6,8-12,17H,7,13-16,18-20H2,(H,28,33). The van der Waals surface area contributed by atoms with Crippen molar-refractivity contribution in [2.45, 2.75) is 31.1 Å². The zero-order valence-corrected chi connectivity index (χ0v) is 20.4. The van der Waals surface area contributed by atoms with Crippen molar-refractivity contribution in [1.29, 1.82) is 0 Å². The fourth-order valence-corrected chi connectivity index (χ4v) is 5.12. The first kappa shape index (κ1) is 23.4. The highest BCUT2D eigenvalue weighted by Crippen LogP contribution is 2.25. The van der Waals surface area contributed by atoms with Gasteiger partial charge in [-0.05, 0) is 41.7 Å². The number of benzene rings is 2. The predicted octanol–water partition coefficient (Wildman–Crippen LogP) is 4.24. The van der Waals surface area contributed by atoms with Crippen molar-refractivity contribution >= 4 is 17.7 Å². The Bertz CT molecular complexity index is 1240. The van der Waals surface area contributed by atoms with Crippen LogP contribution in [0.1, 0.15) is 23.1 Å². The van der Waals surface area contributed by atoms with Crippen molar-refractivity contribution in [2.75, 3.05) is 25.4 Å². The number of furan rings is 1. The van der Waals surface area contributed by atoms with E-state index in [1.165, 1.54) is 22.9 Å². The van der Waals surface area contributed by atoms with Gasteiger partial charge >= 0.3 is 0 Å². The molecule has 0 radical (unpaired) electrons. The number of hydrogen-bond donors (Lipinski definition) is 1. The average molecular weight is 488 g/mol. The minimum absolute atomic E-state index is 0.00722. The zero-order chi connectivity index (χ0) is 23.9. The number of nitrogens with one attached hydrogen (secondary N) is 1. The third-order valence-corrected chi connectivity index (χ3v) is 7.12. The van der Waals surface area contributed by atoms with Crippen LogP contribution in [-0.2, 0) is 24.3 Å². The Morgan fingerprint density at radius 2 is 1.83 bits per heavy atom. The maximum absolute atomic E-state index is 12.5. The van der Waals surface area contributed by atoms with Gasteiger partial charge in [-0.15, -0.1) is 10.2 Å². The molecule has 180 valence electrons. The molecule has 0 aliphatic carbocycles. The van der Waals surface area contributed by atoms with Crippen molar-refractivity contribution in [2.24, 2.45) is 0 Å². The number of carbonyl (C=O) groups excluding carboxylic acids is 1. The molecular weight excluding hydrogens is 458 g/mol. The second-order valence-corrected chi connectivity index (χ2v) is 9.58. The van der Waals surface area contributed by atoms with Crippen LogP contribution in [-0.4, -0.2) is 51.0 Å². The van der Waals surface area contributed by atoms with Crippen molar-refractivity contribution < 1.29 is 9.21 Å². The van der Waals surface area contributed by atoms with Crippen LogP contribution in [0.4, 0.5) is 0 Å². The maximum Gasteiger partial charge on any atom is 0.230 e. The van der Waals surface area contributed by atoms with Gasteiger partial charge in [-0.2, -0.15) is 0 Å². The Labute approximate surface area is 209 Å². The van der Waals surface area contributed by atoms with Gasteiger partial charge in [0, 0.05) is 26.2 Å². The quantitative estimate of drug-likeness (QED) is 0.266. The Morgan fingerprint density at radius 3 is 2.66 bits per heavy atom. The first-order valence-corrected chi connectivity index (χ1v) is 12.9. The third kappa shape index (κ3) is 6.01. The number of nitrogens with zero attached hydrogens (tertiary/aromatic N) is 4. The molecular formula is C27H29N5O2S. The molecule has 0 atom stereocenters. The summed E-state index contributed by atoms with van der Waals surface area (Å²) >= 11 is 1.40. The van der Waals surface area contributed by atoms with Gasteiger partial charge in [-0.3, -0.25) is 14.3 Å². The largest absolute Gasteiger partial charge is 0.461 e. The fourth-order valence-electron chi connectivity index (χ4n) is 4.35. The summed E-state index contributed by atoms with van der Waals surface area (Å²) in [4.78, 5) is 15.0. The highest BCUT2D eigenvalue weighted by Gasteiger charge is 2.18. The number of rotatable bonds is 10.